The zero-order valence-electron chi connectivity index (χ0n) is 5.92. The fourth-order valence-electron chi connectivity index (χ4n) is 0.965. The number of halogens is 2. The van der Waals surface area contributed by atoms with Gasteiger partial charge in [-0.1, -0.05) is 22.0 Å². The molecular weight excluding hydrogens is 304 g/mol. The molecule has 0 radical (unpaired) electrons. The summed E-state index contributed by atoms with van der Waals surface area (Å²) >= 11 is 8.15. The van der Waals surface area contributed by atoms with E-state index in [9.17, 15) is 0 Å². The van der Waals surface area contributed by atoms with Gasteiger partial charge in [0.2, 0.25) is 0 Å². The number of rotatable bonds is 0. The van der Waals surface area contributed by atoms with Gasteiger partial charge in [-0.15, -0.1) is 0 Å². The number of hydrogen-bond acceptors (Lipinski definition) is 3. The molecule has 1 heterocycles. The van der Waals surface area contributed by atoms with Crippen molar-refractivity contribution in [3.8, 4) is 0 Å². The topological polar surface area (TPSA) is 25.8 Å². The number of fused-ring (bicyclic) bond motifs is 1. The summed E-state index contributed by atoms with van der Waals surface area (Å²) in [5.41, 5.74) is 1.99. The van der Waals surface area contributed by atoms with Gasteiger partial charge in [0.15, 0.2) is 0 Å². The van der Waals surface area contributed by atoms with Crippen LogP contribution in [0.4, 0.5) is 0 Å². The average molecular weight is 308 g/mol. The van der Waals surface area contributed by atoms with Crippen molar-refractivity contribution in [2.45, 2.75) is 6.42 Å². The Balaban J connectivity index is 2.54. The largest absolute Gasteiger partial charge is 0.177 e. The third kappa shape index (κ3) is 1.53. The highest BCUT2D eigenvalue weighted by Gasteiger charge is 2.13. The third-order valence-electron chi connectivity index (χ3n) is 1.53. The molecule has 0 atom stereocenters. The minimum absolute atomic E-state index is 0.831. The highest BCUT2D eigenvalue weighted by molar-refractivity contribution is 9.15. The molecule has 0 saturated carbocycles. The van der Waals surface area contributed by atoms with E-state index in [1.807, 2.05) is 12.2 Å². The molecule has 1 aromatic rings. The smallest absolute Gasteiger partial charge is 0.115 e. The van der Waals surface area contributed by atoms with Crippen molar-refractivity contribution >= 4 is 48.1 Å². The van der Waals surface area contributed by atoms with E-state index in [4.69, 9.17) is 0 Å². The molecule has 1 aliphatic rings. The molecule has 5 heteroatoms. The molecule has 0 bridgehead atoms. The minimum atomic E-state index is 0.831. The molecule has 0 spiro atoms. The van der Waals surface area contributed by atoms with E-state index in [0.717, 1.165) is 26.8 Å². The summed E-state index contributed by atoms with van der Waals surface area (Å²) < 4.78 is 10.5. The van der Waals surface area contributed by atoms with Crippen LogP contribution in [0.5, 0.6) is 0 Å². The molecule has 0 N–H and O–H groups in total. The van der Waals surface area contributed by atoms with E-state index in [1.54, 1.807) is 0 Å². The fourth-order valence-corrected chi connectivity index (χ4v) is 2.51. The van der Waals surface area contributed by atoms with Gasteiger partial charge in [0.05, 0.1) is 17.4 Å². The van der Waals surface area contributed by atoms with Crippen LogP contribution in [-0.2, 0) is 6.42 Å². The van der Waals surface area contributed by atoms with Crippen LogP contribution in [0.3, 0.4) is 0 Å². The van der Waals surface area contributed by atoms with Gasteiger partial charge in [-0.05, 0) is 22.0 Å². The van der Waals surface area contributed by atoms with Crippen molar-refractivity contribution < 1.29 is 0 Å². The second kappa shape index (κ2) is 3.40. The molecule has 62 valence electrons. The summed E-state index contributed by atoms with van der Waals surface area (Å²) in [4.78, 5) is 0. The normalized spacial score (nSPS) is 16.2. The summed E-state index contributed by atoms with van der Waals surface area (Å²) in [6.07, 6.45) is 4.83. The lowest BCUT2D eigenvalue weighted by molar-refractivity contribution is 1.16. The summed E-state index contributed by atoms with van der Waals surface area (Å²) in [5.74, 6) is 0. The van der Waals surface area contributed by atoms with Crippen LogP contribution in [0.15, 0.2) is 16.6 Å². The molecule has 0 aliphatic heterocycles. The monoisotopic (exact) mass is 306 g/mol. The Morgan fingerprint density at radius 2 is 2.08 bits per heavy atom. The summed E-state index contributed by atoms with van der Waals surface area (Å²) in [7, 11) is 0. The van der Waals surface area contributed by atoms with Crippen molar-refractivity contribution in [3.05, 3.63) is 28.0 Å². The lowest BCUT2D eigenvalue weighted by atomic mass is 10.2. The number of aromatic nitrogens is 2. The molecule has 0 amide bonds. The second-order valence-electron chi connectivity index (χ2n) is 2.36. The van der Waals surface area contributed by atoms with Crippen LogP contribution >= 0.6 is 43.6 Å². The molecule has 12 heavy (non-hydrogen) atoms. The Morgan fingerprint density at radius 3 is 2.92 bits per heavy atom. The first-order valence-electron chi connectivity index (χ1n) is 3.31. The van der Waals surface area contributed by atoms with Crippen LogP contribution in [-0.4, -0.2) is 8.75 Å². The van der Waals surface area contributed by atoms with E-state index < -0.39 is 0 Å². The lowest BCUT2D eigenvalue weighted by Gasteiger charge is -1.93. The van der Waals surface area contributed by atoms with Crippen LogP contribution in [0.25, 0.3) is 4.48 Å². The van der Waals surface area contributed by atoms with E-state index in [2.05, 4.69) is 40.6 Å². The predicted octanol–water partition coefficient (Wildman–Crippen LogP) is 3.11. The Kier molecular flexibility index (Phi) is 2.43. The Morgan fingerprint density at radius 1 is 1.25 bits per heavy atom. The highest BCUT2D eigenvalue weighted by Crippen LogP contribution is 2.29. The Bertz CT molecular complexity index is 367. The van der Waals surface area contributed by atoms with E-state index in [-0.39, 0.29) is 0 Å². The molecule has 0 saturated heterocycles. The zero-order valence-corrected chi connectivity index (χ0v) is 9.91. The number of hydrogen-bond donors (Lipinski definition) is 0. The molecule has 0 fully saturated rings. The molecule has 1 aliphatic carbocycles. The first kappa shape index (κ1) is 8.59. The van der Waals surface area contributed by atoms with Crippen molar-refractivity contribution in [2.24, 2.45) is 0 Å². The van der Waals surface area contributed by atoms with E-state index in [1.165, 1.54) is 11.7 Å². The van der Waals surface area contributed by atoms with E-state index >= 15 is 0 Å². The highest BCUT2D eigenvalue weighted by atomic mass is 79.9. The summed E-state index contributed by atoms with van der Waals surface area (Å²) in [6, 6.07) is 0. The predicted molar refractivity (Wildman–Crippen MR) is 57.5 cm³/mol. The van der Waals surface area contributed by atoms with Crippen LogP contribution < -0.4 is 0 Å². The van der Waals surface area contributed by atoms with Gasteiger partial charge in [0.25, 0.3) is 0 Å². The van der Waals surface area contributed by atoms with Crippen molar-refractivity contribution in [1.29, 1.82) is 0 Å². The Labute approximate surface area is 91.0 Å². The van der Waals surface area contributed by atoms with Gasteiger partial charge in [0.1, 0.15) is 5.69 Å². The van der Waals surface area contributed by atoms with Crippen LogP contribution in [0.1, 0.15) is 11.4 Å². The third-order valence-corrected chi connectivity index (χ3v) is 3.28. The standard InChI is InChI=1S/C7H4Br2N2S/c8-4-1-2-5(9)7-6(3-4)10-12-11-7/h1-2H,3H2. The van der Waals surface area contributed by atoms with Gasteiger partial charge in [0, 0.05) is 15.4 Å². The summed E-state index contributed by atoms with van der Waals surface area (Å²) in [6.45, 7) is 0. The first-order chi connectivity index (χ1) is 5.77. The van der Waals surface area contributed by atoms with Gasteiger partial charge in [-0.3, -0.25) is 0 Å². The lowest BCUT2D eigenvalue weighted by Crippen LogP contribution is -1.87. The molecule has 2 rings (SSSR count). The number of allylic oxidation sites excluding steroid dienone is 3. The van der Waals surface area contributed by atoms with Gasteiger partial charge >= 0.3 is 0 Å². The first-order valence-corrected chi connectivity index (χ1v) is 5.62. The molecule has 0 unspecified atom stereocenters. The second-order valence-corrected chi connectivity index (χ2v) is 4.77. The maximum Gasteiger partial charge on any atom is 0.115 e. The van der Waals surface area contributed by atoms with Crippen molar-refractivity contribution in [1.82, 2.24) is 8.75 Å². The van der Waals surface area contributed by atoms with Crippen LogP contribution in [0, 0.1) is 0 Å². The maximum atomic E-state index is 4.21. The quantitative estimate of drug-likeness (QED) is 0.736. The zero-order chi connectivity index (χ0) is 8.55. The van der Waals surface area contributed by atoms with Gasteiger partial charge < -0.3 is 0 Å². The van der Waals surface area contributed by atoms with Gasteiger partial charge in [-0.2, -0.15) is 8.75 Å². The number of nitrogens with zero attached hydrogens (tertiary/aromatic N) is 2. The fraction of sp³-hybridized carbons (Fsp3) is 0.143. The van der Waals surface area contributed by atoms with Crippen molar-refractivity contribution in [3.63, 3.8) is 0 Å². The van der Waals surface area contributed by atoms with Crippen LogP contribution in [0.2, 0.25) is 0 Å². The SMILES string of the molecule is BrC1=CC=C(Br)c2nsnc2C1. The minimum Gasteiger partial charge on any atom is -0.177 e. The summed E-state index contributed by atoms with van der Waals surface area (Å²) in [5, 5.41) is 0. The van der Waals surface area contributed by atoms with Gasteiger partial charge in [-0.25, -0.2) is 0 Å². The molecule has 1 aromatic heterocycles. The average Bonchev–Trinajstić information content (AvgIpc) is 2.44. The Hall–Kier alpha value is -0.0000000000000000555. The van der Waals surface area contributed by atoms with Crippen molar-refractivity contribution in [2.75, 3.05) is 0 Å². The molecule has 2 nitrogen and oxygen atoms in total. The molecule has 0 aromatic carbocycles. The van der Waals surface area contributed by atoms with E-state index in [0.29, 0.717) is 0 Å². The molecular formula is C7H4Br2N2S. The maximum absolute atomic E-state index is 4.21.